The summed E-state index contributed by atoms with van der Waals surface area (Å²) in [7, 11) is 1.78. The molecule has 1 amide bonds. The van der Waals surface area contributed by atoms with Crippen molar-refractivity contribution in [1.82, 2.24) is 34.8 Å². The zero-order valence-electron chi connectivity index (χ0n) is 19.0. The Morgan fingerprint density at radius 2 is 1.97 bits per heavy atom. The third kappa shape index (κ3) is 3.81. The number of benzene rings is 1. The summed E-state index contributed by atoms with van der Waals surface area (Å²) in [6, 6.07) is 6.10. The SMILES string of the molecule is Cc1nc(-c2cnn(C)c2C(=O)NC2CCn3nc(-c4ccc(F)cc4)nc3C2)sc1C1CC1. The van der Waals surface area contributed by atoms with E-state index in [1.807, 2.05) is 11.6 Å². The number of fused-ring (bicyclic) bond motifs is 1. The molecule has 4 aromatic rings. The van der Waals surface area contributed by atoms with E-state index in [0.717, 1.165) is 34.1 Å². The number of carbonyl (C=O) groups is 1. The standard InChI is InChI=1S/C24H24FN7OS/c1-13-21(14-3-4-14)34-24(27-13)18-12-26-31(2)20(18)23(33)28-17-9-10-32-19(11-17)29-22(30-32)15-5-7-16(25)8-6-15/h5-8,12,14,17H,3-4,9-11H2,1-2H3,(H,28,33). The Morgan fingerprint density at radius 1 is 1.18 bits per heavy atom. The van der Waals surface area contributed by atoms with Gasteiger partial charge in [-0.25, -0.2) is 19.0 Å². The molecule has 1 fully saturated rings. The average Bonchev–Trinajstić information content (AvgIpc) is 3.27. The number of hydrogen-bond donors (Lipinski definition) is 1. The van der Waals surface area contributed by atoms with Gasteiger partial charge in [-0.05, 0) is 56.4 Å². The number of halogens is 1. The lowest BCUT2D eigenvalue weighted by Crippen LogP contribution is -2.41. The fourth-order valence-corrected chi connectivity index (χ4v) is 5.76. The monoisotopic (exact) mass is 477 g/mol. The zero-order valence-corrected chi connectivity index (χ0v) is 19.8. The first kappa shape index (κ1) is 21.2. The van der Waals surface area contributed by atoms with Crippen molar-refractivity contribution in [3.63, 3.8) is 0 Å². The van der Waals surface area contributed by atoms with Gasteiger partial charge in [0.15, 0.2) is 5.82 Å². The van der Waals surface area contributed by atoms with Crippen molar-refractivity contribution in [2.45, 2.75) is 51.1 Å². The van der Waals surface area contributed by atoms with Crippen molar-refractivity contribution >= 4 is 17.2 Å². The van der Waals surface area contributed by atoms with Crippen LogP contribution in [-0.4, -0.2) is 41.5 Å². The van der Waals surface area contributed by atoms with E-state index in [1.165, 1.54) is 29.9 Å². The first-order valence-electron chi connectivity index (χ1n) is 11.5. The molecule has 34 heavy (non-hydrogen) atoms. The van der Waals surface area contributed by atoms with Crippen LogP contribution in [-0.2, 0) is 20.0 Å². The van der Waals surface area contributed by atoms with Gasteiger partial charge in [-0.1, -0.05) is 0 Å². The Kier molecular flexibility index (Phi) is 5.05. The highest BCUT2D eigenvalue weighted by molar-refractivity contribution is 7.15. The lowest BCUT2D eigenvalue weighted by atomic mass is 10.1. The van der Waals surface area contributed by atoms with Gasteiger partial charge in [0.2, 0.25) is 0 Å². The molecule has 0 radical (unpaired) electrons. The summed E-state index contributed by atoms with van der Waals surface area (Å²) in [6.07, 6.45) is 5.50. The first-order valence-corrected chi connectivity index (χ1v) is 12.3. The number of nitrogens with zero attached hydrogens (tertiary/aromatic N) is 6. The second-order valence-corrected chi connectivity index (χ2v) is 10.0. The van der Waals surface area contributed by atoms with Crippen molar-refractivity contribution in [1.29, 1.82) is 0 Å². The van der Waals surface area contributed by atoms with Gasteiger partial charge in [-0.2, -0.15) is 10.2 Å². The Hall–Kier alpha value is -3.40. The molecule has 6 rings (SSSR count). The fraction of sp³-hybridized carbons (Fsp3) is 0.375. The third-order valence-corrected chi connectivity index (χ3v) is 7.82. The molecule has 1 atom stereocenters. The van der Waals surface area contributed by atoms with E-state index in [-0.39, 0.29) is 17.8 Å². The Morgan fingerprint density at radius 3 is 2.74 bits per heavy atom. The van der Waals surface area contributed by atoms with Crippen LogP contribution in [0.5, 0.6) is 0 Å². The molecule has 0 saturated heterocycles. The molecule has 0 spiro atoms. The second-order valence-electron chi connectivity index (χ2n) is 9.02. The van der Waals surface area contributed by atoms with Crippen LogP contribution in [0.3, 0.4) is 0 Å². The fourth-order valence-electron chi connectivity index (χ4n) is 4.51. The van der Waals surface area contributed by atoms with Crippen LogP contribution in [0.25, 0.3) is 22.0 Å². The number of aromatic nitrogens is 6. The number of thiazole rings is 1. The number of carbonyl (C=O) groups excluding carboxylic acids is 1. The maximum Gasteiger partial charge on any atom is 0.270 e. The summed E-state index contributed by atoms with van der Waals surface area (Å²) in [5, 5.41) is 12.9. The molecule has 1 N–H and O–H groups in total. The third-order valence-electron chi connectivity index (χ3n) is 6.47. The maximum atomic E-state index is 13.3. The Balaban J connectivity index is 1.20. The molecule has 1 aliphatic carbocycles. The van der Waals surface area contributed by atoms with Crippen molar-refractivity contribution < 1.29 is 9.18 Å². The topological polar surface area (TPSA) is 90.5 Å². The van der Waals surface area contributed by atoms with Crippen molar-refractivity contribution in [3.8, 4) is 22.0 Å². The molecule has 2 aliphatic rings. The van der Waals surface area contributed by atoms with Gasteiger partial charge in [0, 0.05) is 36.5 Å². The van der Waals surface area contributed by atoms with E-state index in [2.05, 4.69) is 20.5 Å². The molecule has 1 unspecified atom stereocenters. The van der Waals surface area contributed by atoms with Crippen LogP contribution in [0.1, 0.15) is 52.1 Å². The van der Waals surface area contributed by atoms with Gasteiger partial charge < -0.3 is 5.32 Å². The van der Waals surface area contributed by atoms with Gasteiger partial charge in [-0.15, -0.1) is 11.3 Å². The quantitative estimate of drug-likeness (QED) is 0.471. The largest absolute Gasteiger partial charge is 0.347 e. The van der Waals surface area contributed by atoms with Crippen LogP contribution in [0, 0.1) is 12.7 Å². The molecule has 174 valence electrons. The minimum Gasteiger partial charge on any atom is -0.347 e. The predicted molar refractivity (Wildman–Crippen MR) is 126 cm³/mol. The van der Waals surface area contributed by atoms with Gasteiger partial charge in [0.1, 0.15) is 22.3 Å². The Labute approximate surface area is 199 Å². The van der Waals surface area contributed by atoms with E-state index in [0.29, 0.717) is 30.4 Å². The molecule has 1 aliphatic heterocycles. The van der Waals surface area contributed by atoms with Gasteiger partial charge >= 0.3 is 0 Å². The Bertz CT molecular complexity index is 1380. The van der Waals surface area contributed by atoms with Crippen molar-refractivity contribution in [2.75, 3.05) is 0 Å². The molecule has 4 heterocycles. The van der Waals surface area contributed by atoms with E-state index in [4.69, 9.17) is 4.98 Å². The van der Waals surface area contributed by atoms with Crippen LogP contribution in [0.15, 0.2) is 30.5 Å². The van der Waals surface area contributed by atoms with Gasteiger partial charge in [0.05, 0.1) is 17.5 Å². The summed E-state index contributed by atoms with van der Waals surface area (Å²) in [5.74, 6) is 1.56. The van der Waals surface area contributed by atoms with Crippen LogP contribution in [0.4, 0.5) is 4.39 Å². The van der Waals surface area contributed by atoms with E-state index >= 15 is 0 Å². The molecule has 1 aromatic carbocycles. The molecular weight excluding hydrogens is 453 g/mol. The number of rotatable bonds is 5. The number of hydrogen-bond acceptors (Lipinski definition) is 6. The van der Waals surface area contributed by atoms with E-state index in [9.17, 15) is 9.18 Å². The molecular formula is C24H24FN7OS. The van der Waals surface area contributed by atoms with Gasteiger partial charge in [0.25, 0.3) is 5.91 Å². The summed E-state index contributed by atoms with van der Waals surface area (Å²) in [6.45, 7) is 2.70. The first-order chi connectivity index (χ1) is 16.5. The number of amides is 1. The van der Waals surface area contributed by atoms with Gasteiger partial charge in [-0.3, -0.25) is 9.48 Å². The lowest BCUT2D eigenvalue weighted by molar-refractivity contribution is 0.0921. The minimum absolute atomic E-state index is 0.0620. The van der Waals surface area contributed by atoms with E-state index < -0.39 is 0 Å². The highest BCUT2D eigenvalue weighted by Gasteiger charge is 2.31. The predicted octanol–water partition coefficient (Wildman–Crippen LogP) is 3.87. The second kappa shape index (κ2) is 8.12. The lowest BCUT2D eigenvalue weighted by Gasteiger charge is -2.23. The molecule has 10 heteroatoms. The van der Waals surface area contributed by atoms with Crippen LogP contribution in [0.2, 0.25) is 0 Å². The zero-order chi connectivity index (χ0) is 23.4. The van der Waals surface area contributed by atoms with Crippen molar-refractivity contribution in [2.24, 2.45) is 7.05 Å². The van der Waals surface area contributed by atoms with Crippen LogP contribution >= 0.6 is 11.3 Å². The number of nitrogens with one attached hydrogen (secondary N) is 1. The summed E-state index contributed by atoms with van der Waals surface area (Å²) < 4.78 is 16.7. The normalized spacial score (nSPS) is 17.6. The molecule has 8 nitrogen and oxygen atoms in total. The molecule has 0 bridgehead atoms. The molecule has 1 saturated carbocycles. The van der Waals surface area contributed by atoms with Crippen molar-refractivity contribution in [3.05, 3.63) is 58.4 Å². The smallest absolute Gasteiger partial charge is 0.270 e. The highest BCUT2D eigenvalue weighted by atomic mass is 32.1. The summed E-state index contributed by atoms with van der Waals surface area (Å²) in [4.78, 5) is 24.0. The van der Waals surface area contributed by atoms with Crippen LogP contribution < -0.4 is 5.32 Å². The average molecular weight is 478 g/mol. The van der Waals surface area contributed by atoms with E-state index in [1.54, 1.807) is 41.4 Å². The minimum atomic E-state index is -0.290. The number of aryl methyl sites for hydroxylation is 3. The molecule has 3 aromatic heterocycles. The summed E-state index contributed by atoms with van der Waals surface area (Å²) >= 11 is 1.68. The summed E-state index contributed by atoms with van der Waals surface area (Å²) in [5.41, 5.74) is 3.13. The highest BCUT2D eigenvalue weighted by Crippen LogP contribution is 2.46. The maximum absolute atomic E-state index is 13.3.